The third-order valence-corrected chi connectivity index (χ3v) is 4.09. The summed E-state index contributed by atoms with van der Waals surface area (Å²) in [6.07, 6.45) is 5.26. The molecule has 1 amide bonds. The van der Waals surface area contributed by atoms with Crippen molar-refractivity contribution >= 4 is 22.4 Å². The Morgan fingerprint density at radius 3 is 2.94 bits per heavy atom. The molecule has 0 spiro atoms. The Bertz CT molecular complexity index is 422. The second-order valence-electron chi connectivity index (χ2n) is 4.16. The van der Waals surface area contributed by atoms with Gasteiger partial charge >= 0.3 is 0 Å². The first-order valence-corrected chi connectivity index (χ1v) is 7.04. The molecule has 3 N–H and O–H groups in total. The molecule has 7 heteroatoms. The second kappa shape index (κ2) is 5.31. The van der Waals surface area contributed by atoms with E-state index in [4.69, 9.17) is 5.73 Å². The average Bonchev–Trinajstić information content (AvgIpc) is 2.68. The number of carbonyl (C=O) groups excluding carboxylic acids is 1. The molecule has 1 saturated heterocycles. The van der Waals surface area contributed by atoms with Gasteiger partial charge in [0.15, 0.2) is 0 Å². The minimum atomic E-state index is -0.643. The first kappa shape index (κ1) is 12.1. The van der Waals surface area contributed by atoms with Gasteiger partial charge in [-0.15, -0.1) is 0 Å². The lowest BCUT2D eigenvalue weighted by Gasteiger charge is -2.22. The maximum atomic E-state index is 11.2. The van der Waals surface area contributed by atoms with Crippen molar-refractivity contribution in [1.29, 1.82) is 0 Å². The van der Waals surface area contributed by atoms with E-state index in [1.807, 2.05) is 0 Å². The van der Waals surface area contributed by atoms with Gasteiger partial charge < -0.3 is 11.1 Å². The zero-order valence-corrected chi connectivity index (χ0v) is 10.3. The predicted molar refractivity (Wildman–Crippen MR) is 65.9 cm³/mol. The van der Waals surface area contributed by atoms with Gasteiger partial charge in [-0.2, -0.15) is 5.10 Å². The largest absolute Gasteiger partial charge is 0.380 e. The number of amides is 1. The van der Waals surface area contributed by atoms with Gasteiger partial charge in [-0.25, -0.2) is 0 Å². The summed E-state index contributed by atoms with van der Waals surface area (Å²) in [6, 6.07) is 0.346. The van der Waals surface area contributed by atoms with Crippen LogP contribution < -0.4 is 11.1 Å². The molecule has 1 aliphatic heterocycles. The summed E-state index contributed by atoms with van der Waals surface area (Å²) in [6.45, 7) is 0.0936. The van der Waals surface area contributed by atoms with Gasteiger partial charge in [-0.05, 0) is 12.8 Å². The van der Waals surface area contributed by atoms with E-state index in [0.29, 0.717) is 6.04 Å². The number of nitrogens with two attached hydrogens (primary N) is 1. The van der Waals surface area contributed by atoms with E-state index in [2.05, 4.69) is 10.4 Å². The lowest BCUT2D eigenvalue weighted by atomic mass is 10.1. The summed E-state index contributed by atoms with van der Waals surface area (Å²) in [5.74, 6) is 1.10. The number of hydrogen-bond acceptors (Lipinski definition) is 4. The molecular weight excluding hydrogens is 240 g/mol. The normalized spacial score (nSPS) is 24.5. The number of nitrogens with zero attached hydrogens (tertiary/aromatic N) is 2. The van der Waals surface area contributed by atoms with Crippen LogP contribution in [0.3, 0.4) is 0 Å². The molecule has 6 nitrogen and oxygen atoms in total. The number of hydrogen-bond donors (Lipinski definition) is 2. The van der Waals surface area contributed by atoms with E-state index in [-0.39, 0.29) is 6.54 Å². The number of nitrogens with one attached hydrogen (secondary N) is 1. The van der Waals surface area contributed by atoms with Crippen molar-refractivity contribution in [3.05, 3.63) is 12.4 Å². The van der Waals surface area contributed by atoms with Crippen LogP contribution in [0.15, 0.2) is 12.4 Å². The minimum Gasteiger partial charge on any atom is -0.380 e. The molecule has 94 valence electrons. The highest BCUT2D eigenvalue weighted by Gasteiger charge is 2.17. The van der Waals surface area contributed by atoms with Gasteiger partial charge in [0, 0.05) is 34.5 Å². The van der Waals surface area contributed by atoms with Crippen molar-refractivity contribution in [2.45, 2.75) is 25.4 Å². The fourth-order valence-electron chi connectivity index (χ4n) is 1.86. The predicted octanol–water partition coefficient (Wildman–Crippen LogP) is -0.309. The molecule has 0 unspecified atom stereocenters. The molecule has 0 radical (unpaired) electrons. The Morgan fingerprint density at radius 2 is 2.29 bits per heavy atom. The number of aromatic nitrogens is 2. The van der Waals surface area contributed by atoms with Gasteiger partial charge in [0.2, 0.25) is 5.91 Å². The third-order valence-electron chi connectivity index (χ3n) is 2.71. The molecule has 1 aromatic rings. The summed E-state index contributed by atoms with van der Waals surface area (Å²) in [7, 11) is -0.643. The zero-order chi connectivity index (χ0) is 12.3. The van der Waals surface area contributed by atoms with Crippen molar-refractivity contribution in [2.75, 3.05) is 16.8 Å². The molecular formula is C10H16N4O2S. The van der Waals surface area contributed by atoms with Crippen LogP contribution in [-0.2, 0) is 22.1 Å². The highest BCUT2D eigenvalue weighted by molar-refractivity contribution is 7.85. The molecule has 0 atom stereocenters. The van der Waals surface area contributed by atoms with Gasteiger partial charge in [0.05, 0.1) is 11.9 Å². The minimum absolute atomic E-state index is 0.0936. The summed E-state index contributed by atoms with van der Waals surface area (Å²) in [5.41, 5.74) is 5.96. The van der Waals surface area contributed by atoms with Crippen LogP contribution in [0.1, 0.15) is 12.8 Å². The number of anilines is 1. The Hall–Kier alpha value is -1.37. The average molecular weight is 256 g/mol. The molecule has 1 fully saturated rings. The zero-order valence-electron chi connectivity index (χ0n) is 9.46. The van der Waals surface area contributed by atoms with Gasteiger partial charge in [-0.1, -0.05) is 0 Å². The SMILES string of the molecule is NC(=O)Cn1cc(NC2CCS(=O)CC2)cn1. The third kappa shape index (κ3) is 3.55. The van der Waals surface area contributed by atoms with Crippen LogP contribution in [0.2, 0.25) is 0 Å². The summed E-state index contributed by atoms with van der Waals surface area (Å²) < 4.78 is 12.7. The smallest absolute Gasteiger partial charge is 0.239 e. The second-order valence-corrected chi connectivity index (χ2v) is 5.86. The standard InChI is InChI=1S/C10H16N4O2S/c11-10(15)7-14-6-9(5-12-14)13-8-1-3-17(16)4-2-8/h5-6,8,13H,1-4,7H2,(H2,11,15). The summed E-state index contributed by atoms with van der Waals surface area (Å²) in [5, 5.41) is 7.36. The van der Waals surface area contributed by atoms with Crippen molar-refractivity contribution in [3.8, 4) is 0 Å². The van der Waals surface area contributed by atoms with E-state index in [1.54, 1.807) is 12.4 Å². The van der Waals surface area contributed by atoms with Crippen molar-refractivity contribution < 1.29 is 9.00 Å². The Labute approximate surface area is 102 Å². The monoisotopic (exact) mass is 256 g/mol. The highest BCUT2D eigenvalue weighted by atomic mass is 32.2. The molecule has 17 heavy (non-hydrogen) atoms. The van der Waals surface area contributed by atoms with Crippen LogP contribution in [0, 0.1) is 0 Å². The Balaban J connectivity index is 1.88. The number of primary amides is 1. The van der Waals surface area contributed by atoms with E-state index in [1.165, 1.54) is 4.68 Å². The van der Waals surface area contributed by atoms with Crippen LogP contribution in [-0.4, -0.2) is 37.4 Å². The molecule has 2 heterocycles. The lowest BCUT2D eigenvalue weighted by molar-refractivity contribution is -0.118. The lowest BCUT2D eigenvalue weighted by Crippen LogP contribution is -2.29. The molecule has 0 bridgehead atoms. The summed E-state index contributed by atoms with van der Waals surface area (Å²) in [4.78, 5) is 10.7. The molecule has 1 aliphatic rings. The highest BCUT2D eigenvalue weighted by Crippen LogP contribution is 2.15. The van der Waals surface area contributed by atoms with Gasteiger partial charge in [0.25, 0.3) is 0 Å². The molecule has 0 aromatic carbocycles. The van der Waals surface area contributed by atoms with Crippen molar-refractivity contribution in [3.63, 3.8) is 0 Å². The first-order chi connectivity index (χ1) is 8.13. The maximum Gasteiger partial charge on any atom is 0.239 e. The molecule has 0 saturated carbocycles. The molecule has 0 aliphatic carbocycles. The van der Waals surface area contributed by atoms with E-state index in [9.17, 15) is 9.00 Å². The van der Waals surface area contributed by atoms with Crippen LogP contribution in [0.5, 0.6) is 0 Å². The number of carbonyl (C=O) groups is 1. The topological polar surface area (TPSA) is 90.0 Å². The van der Waals surface area contributed by atoms with Gasteiger partial charge in [-0.3, -0.25) is 13.7 Å². The van der Waals surface area contributed by atoms with Gasteiger partial charge in [0.1, 0.15) is 6.54 Å². The fourth-order valence-corrected chi connectivity index (χ4v) is 3.16. The Kier molecular flexibility index (Phi) is 3.78. The number of rotatable bonds is 4. The molecule has 1 aromatic heterocycles. The van der Waals surface area contributed by atoms with Crippen LogP contribution in [0.4, 0.5) is 5.69 Å². The van der Waals surface area contributed by atoms with Crippen molar-refractivity contribution in [1.82, 2.24) is 9.78 Å². The van der Waals surface area contributed by atoms with Crippen molar-refractivity contribution in [2.24, 2.45) is 5.73 Å². The maximum absolute atomic E-state index is 11.2. The quantitative estimate of drug-likeness (QED) is 0.773. The fraction of sp³-hybridized carbons (Fsp3) is 0.600. The molecule has 2 rings (SSSR count). The van der Waals surface area contributed by atoms with E-state index >= 15 is 0 Å². The van der Waals surface area contributed by atoms with Crippen LogP contribution in [0.25, 0.3) is 0 Å². The van der Waals surface area contributed by atoms with Crippen LogP contribution >= 0.6 is 0 Å². The Morgan fingerprint density at radius 1 is 1.59 bits per heavy atom. The van der Waals surface area contributed by atoms with E-state index in [0.717, 1.165) is 30.0 Å². The van der Waals surface area contributed by atoms with E-state index < -0.39 is 16.7 Å². The summed E-state index contributed by atoms with van der Waals surface area (Å²) >= 11 is 0. The first-order valence-electron chi connectivity index (χ1n) is 5.56.